The van der Waals surface area contributed by atoms with Crippen molar-refractivity contribution in [1.82, 2.24) is 4.31 Å². The third kappa shape index (κ3) is 4.23. The van der Waals surface area contributed by atoms with Crippen LogP contribution in [0.15, 0.2) is 24.3 Å². The summed E-state index contributed by atoms with van der Waals surface area (Å²) in [5.41, 5.74) is 1.17. The summed E-state index contributed by atoms with van der Waals surface area (Å²) in [5.74, 6) is 1.64. The molecule has 3 rings (SSSR count). The average molecular weight is 323 g/mol. The van der Waals surface area contributed by atoms with Gasteiger partial charge in [-0.15, -0.1) is 0 Å². The van der Waals surface area contributed by atoms with E-state index in [1.807, 2.05) is 12.1 Å². The van der Waals surface area contributed by atoms with Crippen LogP contribution in [0.1, 0.15) is 37.7 Å². The Morgan fingerprint density at radius 3 is 2.50 bits per heavy atom. The molecule has 4 nitrogen and oxygen atoms in total. The molecular weight excluding hydrogens is 298 g/mol. The first-order valence-electron chi connectivity index (χ1n) is 8.29. The number of hydrogen-bond acceptors (Lipinski definition) is 3. The zero-order valence-corrected chi connectivity index (χ0v) is 13.8. The van der Waals surface area contributed by atoms with Gasteiger partial charge in [0.05, 0.1) is 5.75 Å². The van der Waals surface area contributed by atoms with Crippen LogP contribution in [-0.4, -0.2) is 36.7 Å². The SMILES string of the molecule is O=S(=O)(CCC1CC1)N1CCCC(Cc2ccc(O)cc2)C1. The summed E-state index contributed by atoms with van der Waals surface area (Å²) in [6.07, 6.45) is 6.16. The first kappa shape index (κ1) is 15.8. The number of sulfonamides is 1. The molecule has 1 aliphatic heterocycles. The van der Waals surface area contributed by atoms with Crippen molar-refractivity contribution in [2.24, 2.45) is 11.8 Å². The predicted molar refractivity (Wildman–Crippen MR) is 87.2 cm³/mol. The molecular formula is C17H25NO3S. The van der Waals surface area contributed by atoms with E-state index in [1.54, 1.807) is 16.4 Å². The molecule has 0 aromatic heterocycles. The van der Waals surface area contributed by atoms with Crippen LogP contribution >= 0.6 is 0 Å². The number of aromatic hydroxyl groups is 1. The molecule has 5 heteroatoms. The summed E-state index contributed by atoms with van der Waals surface area (Å²) >= 11 is 0. The third-order valence-electron chi connectivity index (χ3n) is 4.82. The summed E-state index contributed by atoms with van der Waals surface area (Å²) in [7, 11) is -3.08. The molecule has 0 amide bonds. The van der Waals surface area contributed by atoms with Crippen LogP contribution in [0.4, 0.5) is 0 Å². The highest BCUT2D eigenvalue weighted by Gasteiger charge is 2.31. The number of nitrogens with zero attached hydrogens (tertiary/aromatic N) is 1. The van der Waals surface area contributed by atoms with Crippen LogP contribution in [0.2, 0.25) is 0 Å². The fraction of sp³-hybridized carbons (Fsp3) is 0.647. The van der Waals surface area contributed by atoms with Gasteiger partial charge in [0.15, 0.2) is 0 Å². The number of piperidine rings is 1. The Morgan fingerprint density at radius 1 is 1.09 bits per heavy atom. The molecule has 1 aromatic rings. The highest BCUT2D eigenvalue weighted by Crippen LogP contribution is 2.33. The Hall–Kier alpha value is -1.07. The number of hydrogen-bond donors (Lipinski definition) is 1. The van der Waals surface area contributed by atoms with Crippen LogP contribution in [0, 0.1) is 11.8 Å². The smallest absolute Gasteiger partial charge is 0.214 e. The van der Waals surface area contributed by atoms with Crippen LogP contribution in [0.25, 0.3) is 0 Å². The number of phenolic OH excluding ortho intramolecular Hbond substituents is 1. The maximum atomic E-state index is 12.5. The minimum absolute atomic E-state index is 0.275. The normalized spacial score (nSPS) is 23.5. The molecule has 1 heterocycles. The summed E-state index contributed by atoms with van der Waals surface area (Å²) in [6, 6.07) is 7.25. The second-order valence-corrected chi connectivity index (χ2v) is 8.87. The summed E-state index contributed by atoms with van der Waals surface area (Å²) < 4.78 is 26.6. The van der Waals surface area contributed by atoms with Gasteiger partial charge < -0.3 is 5.11 Å². The van der Waals surface area contributed by atoms with Crippen molar-refractivity contribution in [1.29, 1.82) is 0 Å². The van der Waals surface area contributed by atoms with Gasteiger partial charge in [-0.05, 0) is 55.2 Å². The van der Waals surface area contributed by atoms with Gasteiger partial charge in [0.2, 0.25) is 10.0 Å². The Morgan fingerprint density at radius 2 is 1.82 bits per heavy atom. The second kappa shape index (κ2) is 6.59. The number of benzene rings is 1. The van der Waals surface area contributed by atoms with Gasteiger partial charge >= 0.3 is 0 Å². The van der Waals surface area contributed by atoms with E-state index in [4.69, 9.17) is 0 Å². The van der Waals surface area contributed by atoms with Gasteiger partial charge in [0.1, 0.15) is 5.75 Å². The van der Waals surface area contributed by atoms with E-state index in [-0.39, 0.29) is 5.75 Å². The fourth-order valence-electron chi connectivity index (χ4n) is 3.26. The molecule has 0 spiro atoms. The lowest BCUT2D eigenvalue weighted by molar-refractivity contribution is 0.265. The zero-order valence-electron chi connectivity index (χ0n) is 12.9. The van der Waals surface area contributed by atoms with Gasteiger partial charge in [-0.3, -0.25) is 0 Å². The first-order valence-corrected chi connectivity index (χ1v) is 9.89. The van der Waals surface area contributed by atoms with Gasteiger partial charge in [-0.2, -0.15) is 0 Å². The lowest BCUT2D eigenvalue weighted by Crippen LogP contribution is -2.41. The van der Waals surface area contributed by atoms with Gasteiger partial charge in [0, 0.05) is 13.1 Å². The molecule has 0 bridgehead atoms. The first-order chi connectivity index (χ1) is 10.5. The van der Waals surface area contributed by atoms with Gasteiger partial charge in [-0.1, -0.05) is 25.0 Å². The minimum atomic E-state index is -3.08. The molecule has 1 unspecified atom stereocenters. The molecule has 1 saturated carbocycles. The van der Waals surface area contributed by atoms with Crippen molar-refractivity contribution in [3.63, 3.8) is 0 Å². The standard InChI is InChI=1S/C17H25NO3S/c19-17-7-5-15(6-8-17)12-16-2-1-10-18(13-16)22(20,21)11-9-14-3-4-14/h5-8,14,16,19H,1-4,9-13H2. The molecule has 1 atom stereocenters. The zero-order chi connectivity index (χ0) is 15.6. The quantitative estimate of drug-likeness (QED) is 0.876. The third-order valence-corrected chi connectivity index (χ3v) is 6.69. The molecule has 1 aromatic carbocycles. The molecule has 1 N–H and O–H groups in total. The molecule has 2 fully saturated rings. The van der Waals surface area contributed by atoms with Crippen LogP contribution in [0.5, 0.6) is 5.75 Å². The van der Waals surface area contributed by atoms with E-state index in [9.17, 15) is 13.5 Å². The monoisotopic (exact) mass is 323 g/mol. The molecule has 1 saturated heterocycles. The maximum absolute atomic E-state index is 12.5. The van der Waals surface area contributed by atoms with Crippen molar-refractivity contribution in [2.75, 3.05) is 18.8 Å². The van der Waals surface area contributed by atoms with Crippen LogP contribution in [-0.2, 0) is 16.4 Å². The molecule has 1 aliphatic carbocycles. The molecule has 2 aliphatic rings. The van der Waals surface area contributed by atoms with E-state index in [1.165, 1.54) is 18.4 Å². The molecule has 22 heavy (non-hydrogen) atoms. The number of rotatable bonds is 6. The van der Waals surface area contributed by atoms with Gasteiger partial charge in [-0.25, -0.2) is 12.7 Å². The van der Waals surface area contributed by atoms with Crippen molar-refractivity contribution >= 4 is 10.0 Å². The van der Waals surface area contributed by atoms with Crippen molar-refractivity contribution in [3.05, 3.63) is 29.8 Å². The van der Waals surface area contributed by atoms with Crippen LogP contribution in [0.3, 0.4) is 0 Å². The van der Waals surface area contributed by atoms with E-state index < -0.39 is 10.0 Å². The highest BCUT2D eigenvalue weighted by atomic mass is 32.2. The topological polar surface area (TPSA) is 57.6 Å². The van der Waals surface area contributed by atoms with Crippen molar-refractivity contribution in [2.45, 2.75) is 38.5 Å². The average Bonchev–Trinajstić information content (AvgIpc) is 3.32. The molecule has 122 valence electrons. The number of phenols is 1. The van der Waals surface area contributed by atoms with E-state index in [2.05, 4.69) is 0 Å². The summed E-state index contributed by atoms with van der Waals surface area (Å²) in [6.45, 7) is 1.33. The Bertz CT molecular complexity index is 593. The Balaban J connectivity index is 1.57. The summed E-state index contributed by atoms with van der Waals surface area (Å²) in [5, 5.41) is 9.33. The van der Waals surface area contributed by atoms with Gasteiger partial charge in [0.25, 0.3) is 0 Å². The lowest BCUT2D eigenvalue weighted by atomic mass is 9.92. The minimum Gasteiger partial charge on any atom is -0.508 e. The summed E-state index contributed by atoms with van der Waals surface area (Å²) in [4.78, 5) is 0. The van der Waals surface area contributed by atoms with Crippen molar-refractivity contribution < 1.29 is 13.5 Å². The van der Waals surface area contributed by atoms with Crippen LogP contribution < -0.4 is 0 Å². The van der Waals surface area contributed by atoms with E-state index in [0.717, 1.165) is 25.7 Å². The van der Waals surface area contributed by atoms with Crippen molar-refractivity contribution in [3.8, 4) is 5.75 Å². The predicted octanol–water partition coefficient (Wildman–Crippen LogP) is 2.78. The molecule has 0 radical (unpaired) electrons. The van der Waals surface area contributed by atoms with E-state index >= 15 is 0 Å². The maximum Gasteiger partial charge on any atom is 0.214 e. The lowest BCUT2D eigenvalue weighted by Gasteiger charge is -2.32. The van der Waals surface area contributed by atoms with E-state index in [0.29, 0.717) is 30.7 Å². The highest BCUT2D eigenvalue weighted by molar-refractivity contribution is 7.89. The Kier molecular flexibility index (Phi) is 4.73. The Labute approximate surface area is 133 Å². The second-order valence-electron chi connectivity index (χ2n) is 6.78. The fourth-order valence-corrected chi connectivity index (χ4v) is 5.00. The largest absolute Gasteiger partial charge is 0.508 e.